The molecular formula is C12H13BrN4. The van der Waals surface area contributed by atoms with E-state index in [-0.39, 0.29) is 0 Å². The molecule has 0 bridgehead atoms. The van der Waals surface area contributed by atoms with Gasteiger partial charge in [-0.05, 0) is 28.4 Å². The van der Waals surface area contributed by atoms with Crippen molar-refractivity contribution in [1.29, 1.82) is 0 Å². The molecule has 88 valence electrons. The van der Waals surface area contributed by atoms with Crippen molar-refractivity contribution in [3.05, 3.63) is 28.6 Å². The standard InChI is InChI=1S/C12H13BrN4/c1-3-9-11(14)8-5-15-17-6-7(13)4-10(17)12(8)16(9)2/h4-6H,3,14H2,1-2H3. The highest BCUT2D eigenvalue weighted by Gasteiger charge is 2.15. The van der Waals surface area contributed by atoms with Crippen LogP contribution in [0.1, 0.15) is 12.6 Å². The fourth-order valence-electron chi connectivity index (χ4n) is 2.46. The second kappa shape index (κ2) is 3.50. The average Bonchev–Trinajstić information content (AvgIpc) is 2.77. The second-order valence-corrected chi connectivity index (χ2v) is 5.08. The molecule has 0 spiro atoms. The number of aryl methyl sites for hydroxylation is 1. The first-order valence-corrected chi connectivity index (χ1v) is 6.32. The molecule has 0 atom stereocenters. The number of nitrogens with two attached hydrogens (primary N) is 1. The Bertz CT molecular complexity index is 723. The maximum absolute atomic E-state index is 6.17. The van der Waals surface area contributed by atoms with Crippen molar-refractivity contribution >= 4 is 38.0 Å². The van der Waals surface area contributed by atoms with Crippen LogP contribution in [0.4, 0.5) is 5.69 Å². The van der Waals surface area contributed by atoms with Crippen LogP contribution in [0.15, 0.2) is 22.9 Å². The van der Waals surface area contributed by atoms with Crippen molar-refractivity contribution < 1.29 is 0 Å². The molecule has 0 aromatic carbocycles. The lowest BCUT2D eigenvalue weighted by molar-refractivity contribution is 0.864. The van der Waals surface area contributed by atoms with Crippen LogP contribution in [-0.2, 0) is 13.5 Å². The SMILES string of the molecule is CCc1c(N)c2cnn3cc(Br)cc3c2n1C. The van der Waals surface area contributed by atoms with Gasteiger partial charge < -0.3 is 10.3 Å². The van der Waals surface area contributed by atoms with E-state index >= 15 is 0 Å². The van der Waals surface area contributed by atoms with Crippen LogP contribution < -0.4 is 5.73 Å². The molecule has 0 unspecified atom stereocenters. The highest BCUT2D eigenvalue weighted by atomic mass is 79.9. The van der Waals surface area contributed by atoms with E-state index in [1.807, 2.05) is 16.9 Å². The third-order valence-electron chi connectivity index (χ3n) is 3.25. The molecule has 0 aliphatic rings. The summed E-state index contributed by atoms with van der Waals surface area (Å²) in [5.41, 5.74) is 10.4. The molecule has 0 saturated heterocycles. The van der Waals surface area contributed by atoms with Crippen molar-refractivity contribution in [2.75, 3.05) is 5.73 Å². The number of halogens is 1. The molecule has 2 N–H and O–H groups in total. The van der Waals surface area contributed by atoms with Gasteiger partial charge in [-0.25, -0.2) is 4.52 Å². The highest BCUT2D eigenvalue weighted by Crippen LogP contribution is 2.31. The van der Waals surface area contributed by atoms with E-state index < -0.39 is 0 Å². The quantitative estimate of drug-likeness (QED) is 0.750. The molecule has 0 saturated carbocycles. The smallest absolute Gasteiger partial charge is 0.0902 e. The summed E-state index contributed by atoms with van der Waals surface area (Å²) in [6.45, 7) is 2.11. The van der Waals surface area contributed by atoms with Crippen LogP contribution in [0.5, 0.6) is 0 Å². The minimum Gasteiger partial charge on any atom is -0.397 e. The van der Waals surface area contributed by atoms with Crippen molar-refractivity contribution in [2.24, 2.45) is 7.05 Å². The predicted octanol–water partition coefficient (Wildman–Crippen LogP) is 2.73. The molecule has 0 aliphatic carbocycles. The van der Waals surface area contributed by atoms with E-state index in [2.05, 4.69) is 45.6 Å². The Balaban J connectivity index is 2.57. The van der Waals surface area contributed by atoms with Gasteiger partial charge in [0.1, 0.15) is 0 Å². The number of rotatable bonds is 1. The summed E-state index contributed by atoms with van der Waals surface area (Å²) in [5.74, 6) is 0. The summed E-state index contributed by atoms with van der Waals surface area (Å²) < 4.78 is 5.05. The average molecular weight is 293 g/mol. The Morgan fingerprint density at radius 2 is 2.24 bits per heavy atom. The monoisotopic (exact) mass is 292 g/mol. The molecule has 4 nitrogen and oxygen atoms in total. The lowest BCUT2D eigenvalue weighted by atomic mass is 10.2. The molecule has 3 aromatic heterocycles. The first-order valence-electron chi connectivity index (χ1n) is 5.53. The minimum atomic E-state index is 0.845. The molecule has 0 amide bonds. The van der Waals surface area contributed by atoms with Crippen LogP contribution in [0.25, 0.3) is 16.4 Å². The number of anilines is 1. The highest BCUT2D eigenvalue weighted by molar-refractivity contribution is 9.10. The van der Waals surface area contributed by atoms with Gasteiger partial charge in [0.2, 0.25) is 0 Å². The molecule has 0 aliphatic heterocycles. The fraction of sp³-hybridized carbons (Fsp3) is 0.250. The molecule has 0 radical (unpaired) electrons. The van der Waals surface area contributed by atoms with Gasteiger partial charge in [0.05, 0.1) is 22.9 Å². The van der Waals surface area contributed by atoms with Crippen molar-refractivity contribution in [2.45, 2.75) is 13.3 Å². The van der Waals surface area contributed by atoms with Crippen LogP contribution >= 0.6 is 15.9 Å². The third kappa shape index (κ3) is 1.32. The van der Waals surface area contributed by atoms with Gasteiger partial charge in [-0.3, -0.25) is 0 Å². The first-order chi connectivity index (χ1) is 8.13. The number of aromatic nitrogens is 3. The van der Waals surface area contributed by atoms with Gasteiger partial charge >= 0.3 is 0 Å². The van der Waals surface area contributed by atoms with E-state index in [4.69, 9.17) is 5.73 Å². The zero-order valence-electron chi connectivity index (χ0n) is 9.74. The summed E-state index contributed by atoms with van der Waals surface area (Å²) in [4.78, 5) is 0. The minimum absolute atomic E-state index is 0.845. The van der Waals surface area contributed by atoms with Gasteiger partial charge in [-0.2, -0.15) is 5.10 Å². The molecular weight excluding hydrogens is 280 g/mol. The van der Waals surface area contributed by atoms with Crippen LogP contribution in [-0.4, -0.2) is 14.2 Å². The molecule has 3 aromatic rings. The van der Waals surface area contributed by atoms with Crippen molar-refractivity contribution in [1.82, 2.24) is 14.2 Å². The first kappa shape index (κ1) is 10.7. The van der Waals surface area contributed by atoms with E-state index in [1.165, 1.54) is 0 Å². The third-order valence-corrected chi connectivity index (χ3v) is 3.69. The van der Waals surface area contributed by atoms with Crippen molar-refractivity contribution in [3.8, 4) is 0 Å². The molecule has 0 fully saturated rings. The summed E-state index contributed by atoms with van der Waals surface area (Å²) in [7, 11) is 2.05. The Morgan fingerprint density at radius 1 is 1.47 bits per heavy atom. The van der Waals surface area contributed by atoms with E-state index in [0.717, 1.165) is 38.7 Å². The summed E-state index contributed by atoms with van der Waals surface area (Å²) in [6.07, 6.45) is 4.71. The van der Waals surface area contributed by atoms with E-state index in [0.29, 0.717) is 0 Å². The number of nitrogens with zero attached hydrogens (tertiary/aromatic N) is 3. The Kier molecular flexibility index (Phi) is 2.19. The number of fused-ring (bicyclic) bond motifs is 3. The summed E-state index contributed by atoms with van der Waals surface area (Å²) >= 11 is 3.48. The van der Waals surface area contributed by atoms with Crippen LogP contribution in [0.2, 0.25) is 0 Å². The fourth-order valence-corrected chi connectivity index (χ4v) is 2.87. The van der Waals surface area contributed by atoms with Gasteiger partial charge in [0.15, 0.2) is 0 Å². The molecule has 3 heterocycles. The normalized spacial score (nSPS) is 11.7. The molecule has 3 rings (SSSR count). The lowest BCUT2D eigenvalue weighted by Gasteiger charge is -2.02. The topological polar surface area (TPSA) is 48.2 Å². The number of hydrogen-bond donors (Lipinski definition) is 1. The Labute approximate surface area is 107 Å². The van der Waals surface area contributed by atoms with Crippen LogP contribution in [0.3, 0.4) is 0 Å². The number of hydrogen-bond acceptors (Lipinski definition) is 2. The summed E-state index contributed by atoms with van der Waals surface area (Å²) in [5, 5.41) is 5.40. The van der Waals surface area contributed by atoms with E-state index in [1.54, 1.807) is 0 Å². The maximum atomic E-state index is 6.17. The number of nitrogen functional groups attached to an aromatic ring is 1. The largest absolute Gasteiger partial charge is 0.397 e. The van der Waals surface area contributed by atoms with Crippen LogP contribution in [0, 0.1) is 0 Å². The van der Waals surface area contributed by atoms with Gasteiger partial charge in [-0.15, -0.1) is 0 Å². The van der Waals surface area contributed by atoms with E-state index in [9.17, 15) is 0 Å². The zero-order chi connectivity index (χ0) is 12.2. The Morgan fingerprint density at radius 3 is 2.94 bits per heavy atom. The van der Waals surface area contributed by atoms with Crippen molar-refractivity contribution in [3.63, 3.8) is 0 Å². The predicted molar refractivity (Wildman–Crippen MR) is 73.2 cm³/mol. The lowest BCUT2D eigenvalue weighted by Crippen LogP contribution is -1.97. The van der Waals surface area contributed by atoms with Gasteiger partial charge in [0, 0.05) is 28.8 Å². The Hall–Kier alpha value is -1.49. The molecule has 17 heavy (non-hydrogen) atoms. The van der Waals surface area contributed by atoms with Gasteiger partial charge in [-0.1, -0.05) is 6.92 Å². The maximum Gasteiger partial charge on any atom is 0.0902 e. The zero-order valence-corrected chi connectivity index (χ0v) is 11.3. The molecule has 5 heteroatoms. The van der Waals surface area contributed by atoms with Gasteiger partial charge in [0.25, 0.3) is 0 Å². The summed E-state index contributed by atoms with van der Waals surface area (Å²) in [6, 6.07) is 2.06. The second-order valence-electron chi connectivity index (χ2n) is 4.17.